The van der Waals surface area contributed by atoms with Crippen molar-refractivity contribution in [2.45, 2.75) is 13.8 Å². The first-order chi connectivity index (χ1) is 10.6. The molecule has 1 amide bonds. The van der Waals surface area contributed by atoms with Gasteiger partial charge >= 0.3 is 0 Å². The van der Waals surface area contributed by atoms with Crippen molar-refractivity contribution in [1.29, 1.82) is 0 Å². The summed E-state index contributed by atoms with van der Waals surface area (Å²) in [5.41, 5.74) is 3.88. The summed E-state index contributed by atoms with van der Waals surface area (Å²) >= 11 is 0. The van der Waals surface area contributed by atoms with Gasteiger partial charge < -0.3 is 20.1 Å². The highest BCUT2D eigenvalue weighted by Crippen LogP contribution is 2.34. The Kier molecular flexibility index (Phi) is 3.87. The molecule has 2 aromatic rings. The van der Waals surface area contributed by atoms with Gasteiger partial charge in [0.25, 0.3) is 0 Å². The van der Waals surface area contributed by atoms with Gasteiger partial charge in [-0.15, -0.1) is 0 Å². The van der Waals surface area contributed by atoms with E-state index in [0.717, 1.165) is 28.3 Å². The van der Waals surface area contributed by atoms with Crippen LogP contribution in [-0.2, 0) is 4.79 Å². The molecule has 0 aromatic heterocycles. The molecule has 0 unspecified atom stereocenters. The summed E-state index contributed by atoms with van der Waals surface area (Å²) in [7, 11) is 0. The Morgan fingerprint density at radius 3 is 2.50 bits per heavy atom. The van der Waals surface area contributed by atoms with Gasteiger partial charge in [0.2, 0.25) is 12.7 Å². The first-order valence-electron chi connectivity index (χ1n) is 7.12. The number of amides is 1. The van der Waals surface area contributed by atoms with E-state index in [1.807, 2.05) is 44.2 Å². The molecule has 0 radical (unpaired) electrons. The Morgan fingerprint density at radius 2 is 1.73 bits per heavy atom. The molecule has 0 bridgehead atoms. The van der Waals surface area contributed by atoms with Crippen LogP contribution in [0, 0.1) is 13.8 Å². The number of anilines is 2. The van der Waals surface area contributed by atoms with E-state index in [0.29, 0.717) is 5.75 Å². The number of fused-ring (bicyclic) bond motifs is 1. The molecule has 0 spiro atoms. The molecular formula is C17H18N2O3. The van der Waals surface area contributed by atoms with E-state index in [4.69, 9.17) is 9.47 Å². The molecule has 1 aliphatic heterocycles. The quantitative estimate of drug-likeness (QED) is 0.910. The average Bonchev–Trinajstić information content (AvgIpc) is 2.91. The molecule has 3 rings (SSSR count). The molecule has 5 heteroatoms. The van der Waals surface area contributed by atoms with Gasteiger partial charge in [0.15, 0.2) is 11.5 Å². The van der Waals surface area contributed by atoms with Crippen molar-refractivity contribution in [1.82, 2.24) is 0 Å². The minimum Gasteiger partial charge on any atom is -0.454 e. The Morgan fingerprint density at radius 1 is 1.00 bits per heavy atom. The van der Waals surface area contributed by atoms with Crippen LogP contribution in [0.4, 0.5) is 11.4 Å². The van der Waals surface area contributed by atoms with Gasteiger partial charge in [0, 0.05) is 17.4 Å². The van der Waals surface area contributed by atoms with Crippen molar-refractivity contribution in [3.8, 4) is 11.5 Å². The number of carbonyl (C=O) groups is 1. The fourth-order valence-electron chi connectivity index (χ4n) is 2.44. The number of aryl methyl sites for hydroxylation is 2. The van der Waals surface area contributed by atoms with E-state index in [2.05, 4.69) is 16.7 Å². The third kappa shape index (κ3) is 3.31. The van der Waals surface area contributed by atoms with Gasteiger partial charge in [-0.05, 0) is 49.2 Å². The molecule has 1 aliphatic rings. The lowest BCUT2D eigenvalue weighted by atomic mass is 10.1. The van der Waals surface area contributed by atoms with E-state index < -0.39 is 0 Å². The van der Waals surface area contributed by atoms with E-state index in [1.165, 1.54) is 0 Å². The number of hydrogen-bond donors (Lipinski definition) is 2. The second-order valence-corrected chi connectivity index (χ2v) is 5.35. The van der Waals surface area contributed by atoms with Crippen LogP contribution in [-0.4, -0.2) is 19.2 Å². The highest BCUT2D eigenvalue weighted by molar-refractivity contribution is 5.94. The van der Waals surface area contributed by atoms with Crippen molar-refractivity contribution in [3.63, 3.8) is 0 Å². The molecule has 2 aromatic carbocycles. The van der Waals surface area contributed by atoms with Crippen molar-refractivity contribution in [3.05, 3.63) is 47.5 Å². The number of carbonyl (C=O) groups excluding carboxylic acids is 1. The van der Waals surface area contributed by atoms with E-state index in [1.54, 1.807) is 0 Å². The summed E-state index contributed by atoms with van der Waals surface area (Å²) in [6, 6.07) is 11.5. The zero-order valence-electron chi connectivity index (χ0n) is 12.6. The number of benzene rings is 2. The standard InChI is InChI=1S/C17H18N2O3/c1-11-5-12(2)7-14(6-11)19-17(20)9-18-13-3-4-15-16(8-13)22-10-21-15/h3-8,18H,9-10H2,1-2H3,(H,19,20). The van der Waals surface area contributed by atoms with Crippen LogP contribution in [0.3, 0.4) is 0 Å². The summed E-state index contributed by atoms with van der Waals surface area (Å²) in [6.45, 7) is 4.44. The number of ether oxygens (including phenoxy) is 2. The Hall–Kier alpha value is -2.69. The van der Waals surface area contributed by atoms with E-state index in [-0.39, 0.29) is 19.2 Å². The zero-order valence-corrected chi connectivity index (χ0v) is 12.6. The first kappa shape index (κ1) is 14.3. The SMILES string of the molecule is Cc1cc(C)cc(NC(=O)CNc2ccc3c(c2)OCO3)c1. The average molecular weight is 298 g/mol. The summed E-state index contributed by atoms with van der Waals surface area (Å²) < 4.78 is 10.6. The molecule has 0 fully saturated rings. The van der Waals surface area contributed by atoms with Gasteiger partial charge in [0.1, 0.15) is 0 Å². The monoisotopic (exact) mass is 298 g/mol. The molecule has 0 atom stereocenters. The molecule has 0 saturated carbocycles. The van der Waals surface area contributed by atoms with Crippen LogP contribution >= 0.6 is 0 Å². The van der Waals surface area contributed by atoms with Crippen LogP contribution in [0.2, 0.25) is 0 Å². The van der Waals surface area contributed by atoms with Gasteiger partial charge in [-0.2, -0.15) is 0 Å². The molecule has 0 aliphatic carbocycles. The smallest absolute Gasteiger partial charge is 0.243 e. The van der Waals surface area contributed by atoms with Crippen LogP contribution in [0.1, 0.15) is 11.1 Å². The van der Waals surface area contributed by atoms with Crippen molar-refractivity contribution in [2.75, 3.05) is 24.0 Å². The van der Waals surface area contributed by atoms with Gasteiger partial charge in [-0.25, -0.2) is 0 Å². The largest absolute Gasteiger partial charge is 0.454 e. The minimum absolute atomic E-state index is 0.0948. The predicted octanol–water partition coefficient (Wildman–Crippen LogP) is 3.08. The number of hydrogen-bond acceptors (Lipinski definition) is 4. The normalized spacial score (nSPS) is 12.1. The summed E-state index contributed by atoms with van der Waals surface area (Å²) in [6.07, 6.45) is 0. The highest BCUT2D eigenvalue weighted by Gasteiger charge is 2.13. The lowest BCUT2D eigenvalue weighted by Crippen LogP contribution is -2.21. The third-order valence-electron chi connectivity index (χ3n) is 3.33. The number of rotatable bonds is 4. The Bertz CT molecular complexity index is 693. The van der Waals surface area contributed by atoms with Crippen molar-refractivity contribution < 1.29 is 14.3 Å². The lowest BCUT2D eigenvalue weighted by molar-refractivity contribution is -0.114. The summed E-state index contributed by atoms with van der Waals surface area (Å²) in [5, 5.41) is 5.96. The second-order valence-electron chi connectivity index (χ2n) is 5.35. The fourth-order valence-corrected chi connectivity index (χ4v) is 2.44. The predicted molar refractivity (Wildman–Crippen MR) is 85.6 cm³/mol. The maximum Gasteiger partial charge on any atom is 0.243 e. The van der Waals surface area contributed by atoms with Gasteiger partial charge in [-0.1, -0.05) is 6.07 Å². The van der Waals surface area contributed by atoms with Crippen LogP contribution in [0.15, 0.2) is 36.4 Å². The molecular weight excluding hydrogens is 280 g/mol. The second kappa shape index (κ2) is 5.97. The molecule has 5 nitrogen and oxygen atoms in total. The first-order valence-corrected chi connectivity index (χ1v) is 7.12. The van der Waals surface area contributed by atoms with Crippen LogP contribution in [0.25, 0.3) is 0 Å². The third-order valence-corrected chi connectivity index (χ3v) is 3.33. The summed E-state index contributed by atoms with van der Waals surface area (Å²) in [5.74, 6) is 1.33. The fraction of sp³-hybridized carbons (Fsp3) is 0.235. The van der Waals surface area contributed by atoms with Crippen LogP contribution in [0.5, 0.6) is 11.5 Å². The maximum atomic E-state index is 12.0. The van der Waals surface area contributed by atoms with Gasteiger partial charge in [-0.3, -0.25) is 4.79 Å². The molecule has 1 heterocycles. The molecule has 2 N–H and O–H groups in total. The minimum atomic E-state index is -0.0948. The van der Waals surface area contributed by atoms with Crippen molar-refractivity contribution >= 4 is 17.3 Å². The molecule has 22 heavy (non-hydrogen) atoms. The maximum absolute atomic E-state index is 12.0. The molecule has 114 valence electrons. The zero-order chi connectivity index (χ0) is 15.5. The summed E-state index contributed by atoms with van der Waals surface area (Å²) in [4.78, 5) is 12.0. The van der Waals surface area contributed by atoms with Gasteiger partial charge in [0.05, 0.1) is 6.54 Å². The van der Waals surface area contributed by atoms with E-state index >= 15 is 0 Å². The van der Waals surface area contributed by atoms with Crippen LogP contribution < -0.4 is 20.1 Å². The highest BCUT2D eigenvalue weighted by atomic mass is 16.7. The topological polar surface area (TPSA) is 59.6 Å². The Labute approximate surface area is 129 Å². The van der Waals surface area contributed by atoms with Crippen molar-refractivity contribution in [2.24, 2.45) is 0 Å². The lowest BCUT2D eigenvalue weighted by Gasteiger charge is -2.09. The van der Waals surface area contributed by atoms with E-state index in [9.17, 15) is 4.79 Å². The molecule has 0 saturated heterocycles. The Balaban J connectivity index is 1.58. The number of nitrogens with one attached hydrogen (secondary N) is 2.